The first-order valence-electron chi connectivity index (χ1n) is 31.7. The highest BCUT2D eigenvalue weighted by molar-refractivity contribution is 7.15. The Hall–Kier alpha value is -6.39. The molecule has 1 spiro atoms. The predicted octanol–water partition coefficient (Wildman–Crippen LogP) is 8.33. The first-order valence-corrected chi connectivity index (χ1v) is 51.0. The van der Waals surface area contributed by atoms with Crippen LogP contribution in [0.1, 0.15) is 22.3 Å². The molecule has 0 amide bonds. The summed E-state index contributed by atoms with van der Waals surface area (Å²) >= 11 is 0. The molecule has 10 aromatic rings. The van der Waals surface area contributed by atoms with Gasteiger partial charge in [0.05, 0.1) is 6.23 Å². The second kappa shape index (κ2) is 24.0. The quantitative estimate of drug-likeness (QED) is 0.104. The summed E-state index contributed by atoms with van der Waals surface area (Å²) in [5.41, 5.74) is 3.76. The van der Waals surface area contributed by atoms with Gasteiger partial charge in [0.2, 0.25) is 0 Å². The molecule has 15 nitrogen and oxygen atoms in total. The Labute approximate surface area is 558 Å². The van der Waals surface area contributed by atoms with E-state index in [0.29, 0.717) is 60.8 Å². The van der Waals surface area contributed by atoms with Crippen molar-refractivity contribution < 1.29 is 63.3 Å². The minimum Gasteiger partial charge on any atom is -0.508 e. The van der Waals surface area contributed by atoms with Gasteiger partial charge in [-0.05, 0) is 79.0 Å². The van der Waals surface area contributed by atoms with E-state index in [1.807, 2.05) is 231 Å². The fourth-order valence-corrected chi connectivity index (χ4v) is 74.8. The van der Waals surface area contributed by atoms with E-state index in [9.17, 15) is 5.11 Å². The molecule has 7 fully saturated rings. The zero-order valence-corrected chi connectivity index (χ0v) is 61.9. The van der Waals surface area contributed by atoms with Crippen LogP contribution in [0.3, 0.4) is 0 Å². The number of aromatic hydroxyl groups is 1. The average Bonchev–Trinajstić information content (AvgIpc) is 1.42. The predicted molar refractivity (Wildman–Crippen MR) is 376 cm³/mol. The average molecular weight is 1420 g/mol. The molecule has 17 rings (SSSR count). The van der Waals surface area contributed by atoms with Crippen molar-refractivity contribution in [1.29, 1.82) is 0 Å². The van der Waals surface area contributed by atoms with Crippen molar-refractivity contribution in [2.45, 2.75) is 49.8 Å². The van der Waals surface area contributed by atoms with Gasteiger partial charge in [-0.15, -0.1) is 0 Å². The topological polar surface area (TPSA) is 149 Å². The lowest BCUT2D eigenvalue weighted by atomic mass is 10.1. The fourth-order valence-electron chi connectivity index (χ4n) is 13.8. The van der Waals surface area contributed by atoms with Crippen LogP contribution in [-0.2, 0) is 75.9 Å². The third-order valence-corrected chi connectivity index (χ3v) is 64.2. The molecule has 94 heavy (non-hydrogen) atoms. The lowest BCUT2D eigenvalue weighted by Gasteiger charge is -2.59. The zero-order chi connectivity index (χ0) is 63.8. The summed E-state index contributed by atoms with van der Waals surface area (Å²) in [5.74, 6) is 0.147. The van der Waals surface area contributed by atoms with Crippen molar-refractivity contribution in [2.24, 2.45) is 0 Å². The van der Waals surface area contributed by atoms with Crippen molar-refractivity contribution in [3.8, 4) is 5.75 Å². The number of fused-ring (bicyclic) bond motifs is 2. The smallest absolute Gasteiger partial charge is 0.508 e. The molecule has 11 unspecified atom stereocenters. The summed E-state index contributed by atoms with van der Waals surface area (Å²) in [7, 11) is -49.0. The molecule has 0 aliphatic carbocycles. The van der Waals surface area contributed by atoms with Gasteiger partial charge in [0, 0.05) is 31.1 Å². The standard InChI is InChI=1S/C69H68O15Si10/c1-57-44-46-58(47-45-57)52-55-86(3)74-90(64-34-18-7-19-35-64)72-69(60-28-12-4-13-29-60)87(77-90)56-71-89(63-32-16-6-17-33-63)73-85(2,54-53-59-48-50-61(70)51-49-59)75-91(65-36-20-8-21-37-65)81-93(78-87,67-40-24-10-25-41-67)82-92(76-86,66-38-22-9-23-39-66)84-94(83-91,68-42-26-11-27-43-68)80-88(69,79-89)62-30-14-5-15-31-62/h4-51,70H,52-56H2,1-3H3. The summed E-state index contributed by atoms with van der Waals surface area (Å²) in [4.78, 5) is -2.01. The second-order valence-electron chi connectivity index (χ2n) is 24.9. The van der Waals surface area contributed by atoms with Crippen LogP contribution in [0.25, 0.3) is 0 Å². The molecule has 0 saturated carbocycles. The Morgan fingerprint density at radius 2 is 0.628 bits per heavy atom. The highest BCUT2D eigenvalue weighted by Crippen LogP contribution is 2.60. The number of benzene rings is 10. The van der Waals surface area contributed by atoms with Crippen LogP contribution in [-0.4, -0.2) is 98.4 Å². The van der Waals surface area contributed by atoms with E-state index in [2.05, 4.69) is 68.5 Å². The second-order valence-corrected chi connectivity index (χ2v) is 56.3. The molecule has 7 aliphatic heterocycles. The molecular weight excluding hydrogens is 1350 g/mol. The minimum absolute atomic E-state index is 0.147. The maximum atomic E-state index is 10.7. The molecule has 25 heteroatoms. The highest BCUT2D eigenvalue weighted by atomic mass is 28.6. The molecule has 7 heterocycles. The Kier molecular flexibility index (Phi) is 15.9. The molecule has 8 bridgehead atoms. The molecule has 10 aromatic carbocycles. The van der Waals surface area contributed by atoms with Gasteiger partial charge in [-0.1, -0.05) is 285 Å². The summed E-state index contributed by atoms with van der Waals surface area (Å²) in [6.07, 6.45) is 0.648. The van der Waals surface area contributed by atoms with Crippen LogP contribution in [0.5, 0.6) is 5.75 Å². The Bertz CT molecular complexity index is 4200. The van der Waals surface area contributed by atoms with Crippen LogP contribution in [0.2, 0.25) is 25.2 Å². The van der Waals surface area contributed by atoms with E-state index in [0.717, 1.165) is 16.7 Å². The van der Waals surface area contributed by atoms with E-state index in [1.165, 1.54) is 0 Å². The van der Waals surface area contributed by atoms with Crippen molar-refractivity contribution in [2.75, 3.05) is 6.23 Å². The van der Waals surface area contributed by atoms with Crippen LogP contribution in [0, 0.1) is 6.92 Å². The van der Waals surface area contributed by atoms with Gasteiger partial charge in [0.1, 0.15) is 5.75 Å². The minimum atomic E-state index is -5.31. The maximum absolute atomic E-state index is 10.7. The van der Waals surface area contributed by atoms with Crippen LogP contribution in [0.15, 0.2) is 291 Å². The van der Waals surface area contributed by atoms with Crippen molar-refractivity contribution >= 4 is 123 Å². The number of phenols is 1. The maximum Gasteiger partial charge on any atom is 0.520 e. The van der Waals surface area contributed by atoms with Crippen molar-refractivity contribution in [3.05, 3.63) is 313 Å². The van der Waals surface area contributed by atoms with Gasteiger partial charge >= 0.3 is 87.1 Å². The largest absolute Gasteiger partial charge is 0.520 e. The third kappa shape index (κ3) is 10.6. The van der Waals surface area contributed by atoms with Gasteiger partial charge in [-0.3, -0.25) is 0 Å². The zero-order valence-electron chi connectivity index (χ0n) is 51.9. The summed E-state index contributed by atoms with van der Waals surface area (Å²) in [5, 5.41) is 14.8. The van der Waals surface area contributed by atoms with Crippen LogP contribution >= 0.6 is 0 Å². The number of phenolic OH excluding ortho intramolecular Hbond substituents is 1. The lowest BCUT2D eigenvalue weighted by Crippen LogP contribution is -2.92. The van der Waals surface area contributed by atoms with E-state index >= 15 is 0 Å². The van der Waals surface area contributed by atoms with E-state index in [4.69, 9.17) is 58.2 Å². The van der Waals surface area contributed by atoms with Gasteiger partial charge < -0.3 is 63.3 Å². The molecule has 7 aliphatic rings. The Morgan fingerprint density at radius 1 is 0.319 bits per heavy atom. The van der Waals surface area contributed by atoms with Crippen LogP contribution < -0.4 is 36.3 Å². The first kappa shape index (κ1) is 62.4. The summed E-state index contributed by atoms with van der Waals surface area (Å²) < 4.78 is 122. The van der Waals surface area contributed by atoms with E-state index in [-0.39, 0.29) is 18.0 Å². The summed E-state index contributed by atoms with van der Waals surface area (Å²) in [6.45, 7) is 6.24. The van der Waals surface area contributed by atoms with Crippen molar-refractivity contribution in [3.63, 3.8) is 0 Å². The molecule has 11 atom stereocenters. The molecule has 1 N–H and O–H groups in total. The molecule has 474 valence electrons. The van der Waals surface area contributed by atoms with Gasteiger partial charge in [-0.25, -0.2) is 0 Å². The Balaban J connectivity index is 1.14. The highest BCUT2D eigenvalue weighted by Gasteiger charge is 2.93. The SMILES string of the molecule is Cc1ccc(CC[Si]2(C)O[Si]3(c4ccccc4)O[Si]4(c5ccccc5)O[Si]5(c6ccccc6)O[Si](C)(CCc6ccc(O)cc6)O[Si]6(c7ccccc7)OC[Si]7(O[Si](c8ccccc8)(OC7(c7ccccc7)[Si](c7ccccc7)(O6)O[Si](c6ccccc6)(O3)O5)O2)O4)cc1. The molecule has 7 saturated heterocycles. The normalized spacial score (nSPS) is 33.3. The number of hydrogen-bond acceptors (Lipinski definition) is 15. The van der Waals surface area contributed by atoms with Gasteiger partial charge in [0.25, 0.3) is 0 Å². The number of aryl methyl sites for hydroxylation is 3. The van der Waals surface area contributed by atoms with Gasteiger partial charge in [0.15, 0.2) is 4.85 Å². The molecular formula is C69H68O15Si10. The molecule has 0 radical (unpaired) electrons. The molecule has 0 aromatic heterocycles. The first-order chi connectivity index (χ1) is 45.7. The van der Waals surface area contributed by atoms with E-state index in [1.54, 1.807) is 12.1 Å². The number of hydrogen-bond donors (Lipinski definition) is 1. The number of rotatable bonds is 14. The third-order valence-electron chi connectivity index (χ3n) is 18.3. The summed E-state index contributed by atoms with van der Waals surface area (Å²) in [6, 6.07) is 96.1. The van der Waals surface area contributed by atoms with Crippen LogP contribution in [0.4, 0.5) is 0 Å². The van der Waals surface area contributed by atoms with E-state index < -0.39 is 91.9 Å². The monoisotopic (exact) mass is 1420 g/mol. The Morgan fingerprint density at radius 3 is 1.05 bits per heavy atom. The fraction of sp³-hybridized carbons (Fsp3) is 0.130. The van der Waals surface area contributed by atoms with Crippen molar-refractivity contribution in [1.82, 2.24) is 0 Å². The lowest BCUT2D eigenvalue weighted by molar-refractivity contribution is 0.0650. The van der Waals surface area contributed by atoms with Gasteiger partial charge in [-0.2, -0.15) is 0 Å².